The van der Waals surface area contributed by atoms with Crippen molar-refractivity contribution in [2.45, 2.75) is 13.1 Å². The highest BCUT2D eigenvalue weighted by atomic mass is 16.6. The molecule has 1 aliphatic rings. The van der Waals surface area contributed by atoms with Gasteiger partial charge in [0.2, 0.25) is 11.7 Å². The number of hydrogen-bond donors (Lipinski definition) is 2. The number of nitrogens with zero attached hydrogens (tertiary/aromatic N) is 5. The molecule has 1 fully saturated rings. The molecule has 13 nitrogen and oxygen atoms in total. The summed E-state index contributed by atoms with van der Waals surface area (Å²) in [5.74, 6) is 1.76. The highest BCUT2D eigenvalue weighted by Gasteiger charge is 2.23. The number of benzene rings is 3. The van der Waals surface area contributed by atoms with Crippen molar-refractivity contribution in [3.63, 3.8) is 0 Å². The first-order valence-corrected chi connectivity index (χ1v) is 13.6. The highest BCUT2D eigenvalue weighted by molar-refractivity contribution is 5.92. The smallest absolute Gasteiger partial charge is 0.335 e. The summed E-state index contributed by atoms with van der Waals surface area (Å²) in [5, 5.41) is 24.4. The van der Waals surface area contributed by atoms with Gasteiger partial charge in [-0.1, -0.05) is 12.1 Å². The van der Waals surface area contributed by atoms with Crippen LogP contribution in [0, 0.1) is 10.1 Å². The summed E-state index contributed by atoms with van der Waals surface area (Å²) in [5.41, 5.74) is 2.59. The lowest BCUT2D eigenvalue weighted by Gasteiger charge is -2.35. The number of nitrogens with one attached hydrogen (secondary N) is 1. The van der Waals surface area contributed by atoms with Crippen molar-refractivity contribution in [1.82, 2.24) is 14.9 Å². The first kappa shape index (κ1) is 29.3. The van der Waals surface area contributed by atoms with Crippen molar-refractivity contribution in [3.05, 3.63) is 81.4 Å². The van der Waals surface area contributed by atoms with Gasteiger partial charge in [0, 0.05) is 56.8 Å². The Kier molecular flexibility index (Phi) is 8.71. The number of piperazine rings is 1. The molecular weight excluding hydrogens is 556 g/mol. The summed E-state index contributed by atoms with van der Waals surface area (Å²) in [6.07, 6.45) is 0. The molecule has 2 N–H and O–H groups in total. The number of aromatic nitrogens is 2. The van der Waals surface area contributed by atoms with E-state index in [1.165, 1.54) is 24.3 Å². The minimum absolute atomic E-state index is 0.0573. The van der Waals surface area contributed by atoms with E-state index >= 15 is 0 Å². The maximum atomic E-state index is 11.5. The molecule has 13 heteroatoms. The normalized spacial score (nSPS) is 13.5. The van der Waals surface area contributed by atoms with E-state index in [0.29, 0.717) is 66.1 Å². The van der Waals surface area contributed by atoms with Crippen LogP contribution in [0.4, 0.5) is 17.5 Å². The molecule has 5 rings (SSSR count). The summed E-state index contributed by atoms with van der Waals surface area (Å²) in [4.78, 5) is 36.1. The standard InChI is InChI=1S/C30H32N6O7/c1-41-25-14-20(15-26(42-2)27(25)43-3)18-34-10-12-35(13-11-34)30-32-24-9-8-22(36(39)40)16-23(24)28(33-30)31-17-19-4-6-21(7-5-19)29(37)38/h4-9,14-16H,10-13,17-18H2,1-3H3,(H,37,38)(H,31,32,33). The van der Waals surface area contributed by atoms with E-state index in [-0.39, 0.29) is 11.3 Å². The molecule has 0 saturated carbocycles. The van der Waals surface area contributed by atoms with Crippen LogP contribution in [0.2, 0.25) is 0 Å². The van der Waals surface area contributed by atoms with Gasteiger partial charge in [-0.3, -0.25) is 15.0 Å². The van der Waals surface area contributed by atoms with Gasteiger partial charge < -0.3 is 29.5 Å². The van der Waals surface area contributed by atoms with Crippen LogP contribution in [0.3, 0.4) is 0 Å². The van der Waals surface area contributed by atoms with E-state index in [1.807, 2.05) is 12.1 Å². The first-order chi connectivity index (χ1) is 20.8. The van der Waals surface area contributed by atoms with Gasteiger partial charge >= 0.3 is 5.97 Å². The number of hydrogen-bond acceptors (Lipinski definition) is 11. The summed E-state index contributed by atoms with van der Waals surface area (Å²) >= 11 is 0. The van der Waals surface area contributed by atoms with Crippen LogP contribution < -0.4 is 24.4 Å². The van der Waals surface area contributed by atoms with E-state index in [4.69, 9.17) is 29.3 Å². The maximum Gasteiger partial charge on any atom is 0.335 e. The molecule has 3 aromatic carbocycles. The van der Waals surface area contributed by atoms with Crippen molar-refractivity contribution in [2.75, 3.05) is 57.7 Å². The number of carboxylic acids is 1. The number of rotatable bonds is 11. The molecule has 0 unspecified atom stereocenters. The first-order valence-electron chi connectivity index (χ1n) is 13.6. The Bertz CT molecular complexity index is 1610. The fourth-order valence-electron chi connectivity index (χ4n) is 5.04. The number of fused-ring (bicyclic) bond motifs is 1. The molecule has 1 saturated heterocycles. The van der Waals surface area contributed by atoms with E-state index in [2.05, 4.69) is 15.1 Å². The van der Waals surface area contributed by atoms with Gasteiger partial charge in [-0.05, 0) is 41.5 Å². The fraction of sp³-hybridized carbons (Fsp3) is 0.300. The van der Waals surface area contributed by atoms with Crippen molar-refractivity contribution >= 4 is 34.3 Å². The SMILES string of the molecule is COc1cc(CN2CCN(c3nc(NCc4ccc(C(=O)O)cc4)c4cc([N+](=O)[O-])ccc4n3)CC2)cc(OC)c1OC. The van der Waals surface area contributed by atoms with Crippen molar-refractivity contribution < 1.29 is 29.0 Å². The van der Waals surface area contributed by atoms with Gasteiger partial charge in [-0.2, -0.15) is 4.98 Å². The molecule has 0 amide bonds. The fourth-order valence-corrected chi connectivity index (χ4v) is 5.04. The summed E-state index contributed by atoms with van der Waals surface area (Å²) in [6, 6.07) is 14.9. The number of anilines is 2. The van der Waals surface area contributed by atoms with Gasteiger partial charge in [0.25, 0.3) is 5.69 Å². The second-order valence-electron chi connectivity index (χ2n) is 9.98. The Hall–Kier alpha value is -5.17. The predicted molar refractivity (Wildman–Crippen MR) is 161 cm³/mol. The molecule has 0 atom stereocenters. The van der Waals surface area contributed by atoms with Gasteiger partial charge in [-0.25, -0.2) is 9.78 Å². The molecule has 0 bridgehead atoms. The topological polar surface area (TPSA) is 152 Å². The molecule has 2 heterocycles. The lowest BCUT2D eigenvalue weighted by molar-refractivity contribution is -0.384. The number of carbonyl (C=O) groups is 1. The summed E-state index contributed by atoms with van der Waals surface area (Å²) < 4.78 is 16.4. The molecule has 0 radical (unpaired) electrons. The van der Waals surface area contributed by atoms with Gasteiger partial charge in [0.15, 0.2) is 11.5 Å². The quantitative estimate of drug-likeness (QED) is 0.191. The zero-order valence-electron chi connectivity index (χ0n) is 24.1. The van der Waals surface area contributed by atoms with E-state index in [1.54, 1.807) is 39.5 Å². The van der Waals surface area contributed by atoms with Gasteiger partial charge in [0.05, 0.1) is 37.3 Å². The monoisotopic (exact) mass is 588 g/mol. The maximum absolute atomic E-state index is 11.5. The van der Waals surface area contributed by atoms with Gasteiger partial charge in [0.1, 0.15) is 5.82 Å². The predicted octanol–water partition coefficient (Wildman–Crippen LogP) is 4.20. The highest BCUT2D eigenvalue weighted by Crippen LogP contribution is 2.38. The molecule has 1 aromatic heterocycles. The van der Waals surface area contributed by atoms with Crippen LogP contribution >= 0.6 is 0 Å². The number of non-ortho nitro benzene ring substituents is 1. The van der Waals surface area contributed by atoms with Crippen molar-refractivity contribution in [2.24, 2.45) is 0 Å². The summed E-state index contributed by atoms with van der Waals surface area (Å²) in [7, 11) is 4.77. The van der Waals surface area contributed by atoms with Crippen LogP contribution in [0.15, 0.2) is 54.6 Å². The molecule has 0 aliphatic carbocycles. The molecule has 1 aliphatic heterocycles. The second-order valence-corrected chi connectivity index (χ2v) is 9.98. The Balaban J connectivity index is 1.34. The Labute approximate surface area is 247 Å². The van der Waals surface area contributed by atoms with Crippen molar-refractivity contribution in [3.8, 4) is 17.2 Å². The number of methoxy groups -OCH3 is 3. The van der Waals surface area contributed by atoms with E-state index < -0.39 is 10.9 Å². The second kappa shape index (κ2) is 12.8. The van der Waals surface area contributed by atoms with Crippen LogP contribution in [0.1, 0.15) is 21.5 Å². The Morgan fingerprint density at radius 2 is 1.60 bits per heavy atom. The third-order valence-corrected chi connectivity index (χ3v) is 7.33. The zero-order valence-corrected chi connectivity index (χ0v) is 24.1. The van der Waals surface area contributed by atoms with Gasteiger partial charge in [-0.15, -0.1) is 0 Å². The molecule has 4 aromatic rings. The lowest BCUT2D eigenvalue weighted by atomic mass is 10.1. The lowest BCUT2D eigenvalue weighted by Crippen LogP contribution is -2.46. The average molecular weight is 589 g/mol. The van der Waals surface area contributed by atoms with Crippen LogP contribution in [-0.4, -0.2) is 78.4 Å². The molecule has 224 valence electrons. The number of aromatic carboxylic acids is 1. The minimum Gasteiger partial charge on any atom is -0.493 e. The average Bonchev–Trinajstić information content (AvgIpc) is 3.03. The number of nitro groups is 1. The third kappa shape index (κ3) is 6.51. The largest absolute Gasteiger partial charge is 0.493 e. The summed E-state index contributed by atoms with van der Waals surface area (Å²) in [6.45, 7) is 3.92. The Morgan fingerprint density at radius 3 is 2.19 bits per heavy atom. The van der Waals surface area contributed by atoms with Crippen molar-refractivity contribution in [1.29, 1.82) is 0 Å². The number of ether oxygens (including phenoxy) is 3. The number of carboxylic acid groups (broad SMARTS) is 1. The minimum atomic E-state index is -0.998. The van der Waals surface area contributed by atoms with E-state index in [0.717, 1.165) is 24.2 Å². The van der Waals surface area contributed by atoms with E-state index in [9.17, 15) is 14.9 Å². The van der Waals surface area contributed by atoms with Crippen LogP contribution in [0.5, 0.6) is 17.2 Å². The third-order valence-electron chi connectivity index (χ3n) is 7.33. The number of nitro benzene ring substituents is 1. The van der Waals surface area contributed by atoms with Crippen LogP contribution in [-0.2, 0) is 13.1 Å². The molecule has 0 spiro atoms. The Morgan fingerprint density at radius 1 is 0.930 bits per heavy atom. The zero-order chi connectivity index (χ0) is 30.5. The molecular formula is C30H32N6O7. The molecule has 43 heavy (non-hydrogen) atoms. The van der Waals surface area contributed by atoms with Crippen LogP contribution in [0.25, 0.3) is 10.9 Å².